The van der Waals surface area contributed by atoms with Crippen LogP contribution < -0.4 is 20.7 Å². The highest BCUT2D eigenvalue weighted by Gasteiger charge is 2.55. The quantitative estimate of drug-likeness (QED) is 0.147. The molecule has 0 heterocycles. The Kier molecular flexibility index (Phi) is 10.2. The average Bonchev–Trinajstić information content (AvgIpc) is 3.06. The fourth-order valence-electron chi connectivity index (χ4n) is 7.65. The van der Waals surface area contributed by atoms with Crippen LogP contribution in [0.3, 0.4) is 0 Å². The monoisotopic (exact) mass is 650 g/mol. The van der Waals surface area contributed by atoms with E-state index < -0.39 is 16.6 Å². The van der Waals surface area contributed by atoms with Crippen LogP contribution in [0.5, 0.6) is 0 Å². The smallest absolute Gasteiger partial charge is 0.308 e. The second kappa shape index (κ2) is 13.8. The molecule has 0 N–H and O–H groups in total. The number of benzene rings is 4. The molecule has 0 radical (unpaired) electrons. The van der Waals surface area contributed by atoms with E-state index in [0.29, 0.717) is 19.3 Å². The summed E-state index contributed by atoms with van der Waals surface area (Å²) in [5.74, 6) is -0.503. The van der Waals surface area contributed by atoms with Gasteiger partial charge in [0.05, 0.1) is 13.0 Å². The Hall–Kier alpha value is -3.30. The SMILES string of the molecule is COC(=O)C1C[C@@H](O[Si](c2ccccc2)(c2ccccc2)C(C)(C)C)C[C@@H](O[Si](c2ccccc2)(c2ccccc2)C(C)(C)C)C1. The Bertz CT molecular complexity index is 1360. The third-order valence-corrected chi connectivity index (χ3v) is 19.9. The summed E-state index contributed by atoms with van der Waals surface area (Å²) in [6.45, 7) is 13.8. The zero-order chi connectivity index (χ0) is 33.0. The molecule has 1 aliphatic rings. The molecule has 1 unspecified atom stereocenters. The van der Waals surface area contributed by atoms with Gasteiger partial charge >= 0.3 is 5.97 Å². The first-order valence-electron chi connectivity index (χ1n) is 16.6. The van der Waals surface area contributed by atoms with Gasteiger partial charge in [-0.05, 0) is 50.1 Å². The maximum absolute atomic E-state index is 13.4. The number of rotatable bonds is 9. The first-order valence-corrected chi connectivity index (χ1v) is 20.4. The summed E-state index contributed by atoms with van der Waals surface area (Å²) < 4.78 is 20.7. The molecule has 4 aromatic rings. The van der Waals surface area contributed by atoms with Crippen LogP contribution in [0.2, 0.25) is 10.1 Å². The highest BCUT2D eigenvalue weighted by atomic mass is 28.4. The molecule has 1 aliphatic carbocycles. The summed E-state index contributed by atoms with van der Waals surface area (Å²) in [5.41, 5.74) is 0. The van der Waals surface area contributed by atoms with Crippen molar-refractivity contribution in [3.8, 4) is 0 Å². The third-order valence-electron chi connectivity index (χ3n) is 9.68. The summed E-state index contributed by atoms with van der Waals surface area (Å²) in [6.07, 6.45) is 1.55. The van der Waals surface area contributed by atoms with Crippen LogP contribution in [0.15, 0.2) is 121 Å². The molecular formula is C40H50O4Si2. The number of ether oxygens (including phenoxy) is 1. The predicted octanol–water partition coefficient (Wildman–Crippen LogP) is 6.85. The molecule has 0 aliphatic heterocycles. The summed E-state index contributed by atoms with van der Waals surface area (Å²) in [6, 6.07) is 43.0. The van der Waals surface area contributed by atoms with Crippen LogP contribution in [0, 0.1) is 5.92 Å². The molecule has 0 saturated heterocycles. The lowest BCUT2D eigenvalue weighted by Gasteiger charge is -2.49. The van der Waals surface area contributed by atoms with Crippen LogP contribution >= 0.6 is 0 Å². The van der Waals surface area contributed by atoms with Gasteiger partial charge < -0.3 is 13.6 Å². The average molecular weight is 651 g/mol. The largest absolute Gasteiger partial charge is 0.469 e. The van der Waals surface area contributed by atoms with Gasteiger partial charge in [0, 0.05) is 12.2 Å². The first-order chi connectivity index (χ1) is 21.9. The zero-order valence-corrected chi connectivity index (χ0v) is 30.5. The lowest BCUT2D eigenvalue weighted by Crippen LogP contribution is -2.69. The van der Waals surface area contributed by atoms with E-state index >= 15 is 0 Å². The van der Waals surface area contributed by atoms with E-state index in [2.05, 4.69) is 163 Å². The summed E-state index contributed by atoms with van der Waals surface area (Å²) in [7, 11) is -4.23. The van der Waals surface area contributed by atoms with E-state index in [1.807, 2.05) is 0 Å². The predicted molar refractivity (Wildman–Crippen MR) is 194 cm³/mol. The van der Waals surface area contributed by atoms with Gasteiger partial charge in [-0.2, -0.15) is 0 Å². The molecule has 3 atom stereocenters. The molecule has 4 aromatic carbocycles. The standard InChI is InChI=1S/C40H50O4Si2/c1-39(2,3)45(34-20-12-8-13-21-34,35-22-14-9-15-23-35)43-32-28-31(38(41)42-7)29-33(30-32)44-46(40(4,5)6,36-24-16-10-17-25-36)37-26-18-11-19-27-37/h8-27,31-33H,28-30H2,1-7H3/t31?,32-,33+. The maximum Gasteiger partial charge on any atom is 0.308 e. The molecule has 0 spiro atoms. The second-order valence-electron chi connectivity index (χ2n) is 14.7. The summed E-state index contributed by atoms with van der Waals surface area (Å²) in [4.78, 5) is 13.4. The molecule has 0 amide bonds. The normalized spacial score (nSPS) is 19.4. The van der Waals surface area contributed by atoms with Crippen molar-refractivity contribution in [3.63, 3.8) is 0 Å². The van der Waals surface area contributed by atoms with E-state index in [1.54, 1.807) is 0 Å². The Labute approximate surface area is 278 Å². The minimum atomic E-state index is -2.86. The Morgan fingerprint density at radius 3 is 1.04 bits per heavy atom. The molecule has 46 heavy (non-hydrogen) atoms. The van der Waals surface area contributed by atoms with Gasteiger partial charge in [-0.3, -0.25) is 4.79 Å². The molecule has 5 rings (SSSR count). The maximum atomic E-state index is 13.4. The van der Waals surface area contributed by atoms with Crippen molar-refractivity contribution < 1.29 is 18.4 Å². The van der Waals surface area contributed by atoms with Crippen LogP contribution in [0.4, 0.5) is 0 Å². The van der Waals surface area contributed by atoms with E-state index in [9.17, 15) is 4.79 Å². The molecule has 4 nitrogen and oxygen atoms in total. The summed E-state index contributed by atoms with van der Waals surface area (Å²) >= 11 is 0. The number of carbonyl (C=O) groups excluding carboxylic acids is 1. The van der Waals surface area contributed by atoms with Crippen molar-refractivity contribution in [2.45, 2.75) is 83.1 Å². The van der Waals surface area contributed by atoms with E-state index in [1.165, 1.54) is 27.9 Å². The van der Waals surface area contributed by atoms with Gasteiger partial charge in [0.2, 0.25) is 0 Å². The van der Waals surface area contributed by atoms with Gasteiger partial charge in [0.25, 0.3) is 16.6 Å². The third kappa shape index (κ3) is 6.59. The van der Waals surface area contributed by atoms with Crippen LogP contribution in [-0.4, -0.2) is 41.9 Å². The van der Waals surface area contributed by atoms with Crippen molar-refractivity contribution in [1.29, 1.82) is 0 Å². The highest BCUT2D eigenvalue weighted by Crippen LogP contribution is 2.43. The zero-order valence-electron chi connectivity index (χ0n) is 28.5. The molecular weight excluding hydrogens is 601 g/mol. The van der Waals surface area contributed by atoms with E-state index in [-0.39, 0.29) is 34.2 Å². The van der Waals surface area contributed by atoms with Crippen molar-refractivity contribution >= 4 is 43.4 Å². The van der Waals surface area contributed by atoms with Gasteiger partial charge in [-0.15, -0.1) is 0 Å². The molecule has 1 fully saturated rings. The second-order valence-corrected chi connectivity index (χ2v) is 23.2. The Morgan fingerprint density at radius 1 is 0.522 bits per heavy atom. The lowest BCUT2D eigenvalue weighted by atomic mass is 9.85. The van der Waals surface area contributed by atoms with Crippen molar-refractivity contribution in [3.05, 3.63) is 121 Å². The Balaban J connectivity index is 1.62. The van der Waals surface area contributed by atoms with Crippen LogP contribution in [-0.2, 0) is 18.4 Å². The Morgan fingerprint density at radius 2 is 0.804 bits per heavy atom. The fourth-order valence-corrected chi connectivity index (χ4v) is 17.1. The number of hydrogen-bond donors (Lipinski definition) is 0. The molecule has 1 saturated carbocycles. The van der Waals surface area contributed by atoms with Gasteiger partial charge in [-0.25, -0.2) is 0 Å². The number of hydrogen-bond acceptors (Lipinski definition) is 4. The molecule has 242 valence electrons. The van der Waals surface area contributed by atoms with Crippen molar-refractivity contribution in [1.82, 2.24) is 0 Å². The van der Waals surface area contributed by atoms with E-state index in [4.69, 9.17) is 13.6 Å². The summed E-state index contributed by atoms with van der Waals surface area (Å²) in [5, 5.41) is 4.58. The fraction of sp³-hybridized carbons (Fsp3) is 0.375. The number of carbonyl (C=O) groups is 1. The van der Waals surface area contributed by atoms with Gasteiger partial charge in [-0.1, -0.05) is 163 Å². The number of esters is 1. The lowest BCUT2D eigenvalue weighted by molar-refractivity contribution is -0.149. The van der Waals surface area contributed by atoms with Crippen molar-refractivity contribution in [2.75, 3.05) is 7.11 Å². The van der Waals surface area contributed by atoms with Crippen LogP contribution in [0.25, 0.3) is 0 Å². The molecule has 0 aromatic heterocycles. The highest BCUT2D eigenvalue weighted by molar-refractivity contribution is 7.00. The minimum absolute atomic E-state index is 0.178. The number of methoxy groups -OCH3 is 1. The molecule has 0 bridgehead atoms. The minimum Gasteiger partial charge on any atom is -0.469 e. The van der Waals surface area contributed by atoms with Gasteiger partial charge in [0.15, 0.2) is 0 Å². The topological polar surface area (TPSA) is 44.8 Å². The van der Waals surface area contributed by atoms with Crippen molar-refractivity contribution in [2.24, 2.45) is 5.92 Å². The van der Waals surface area contributed by atoms with E-state index in [0.717, 1.165) is 0 Å². The van der Waals surface area contributed by atoms with Crippen LogP contribution in [0.1, 0.15) is 60.8 Å². The first kappa shape index (κ1) is 34.0. The molecule has 6 heteroatoms. The van der Waals surface area contributed by atoms with Gasteiger partial charge in [0.1, 0.15) is 0 Å².